The number of benzene rings is 2. The number of aromatic carboxylic acids is 1. The van der Waals surface area contributed by atoms with Gasteiger partial charge in [0.15, 0.2) is 0 Å². The number of fused-ring (bicyclic) bond motifs is 1. The number of aliphatic hydroxyl groups is 1. The van der Waals surface area contributed by atoms with Crippen LogP contribution in [0, 0.1) is 6.92 Å². The van der Waals surface area contributed by atoms with E-state index in [4.69, 9.17) is 9.84 Å². The van der Waals surface area contributed by atoms with Crippen LogP contribution in [0.25, 0.3) is 11.1 Å². The fourth-order valence-electron chi connectivity index (χ4n) is 3.95. The SMILES string of the molecule is Cc1cc(C(=O)O)ccc1-c1ccc2c(c1)CC[C@@H](CNC[C@H](O)c1cccnc1)O2. The van der Waals surface area contributed by atoms with E-state index in [-0.39, 0.29) is 6.10 Å². The molecule has 0 radical (unpaired) electrons. The molecule has 1 aliphatic heterocycles. The Morgan fingerprint density at radius 2 is 2.13 bits per heavy atom. The highest BCUT2D eigenvalue weighted by atomic mass is 16.5. The Balaban J connectivity index is 1.37. The molecule has 0 bridgehead atoms. The number of nitrogens with one attached hydrogen (secondary N) is 1. The number of rotatable bonds is 7. The zero-order chi connectivity index (χ0) is 21.8. The van der Waals surface area contributed by atoms with Crippen LogP contribution in [-0.2, 0) is 6.42 Å². The third-order valence-corrected chi connectivity index (χ3v) is 5.65. The van der Waals surface area contributed by atoms with Crippen molar-refractivity contribution in [3.8, 4) is 16.9 Å². The van der Waals surface area contributed by atoms with Crippen LogP contribution in [0.5, 0.6) is 5.75 Å². The number of hydrogen-bond donors (Lipinski definition) is 3. The van der Waals surface area contributed by atoms with Crippen LogP contribution in [-0.4, -0.2) is 40.4 Å². The number of carboxylic acids is 1. The normalized spacial score (nSPS) is 16.3. The fraction of sp³-hybridized carbons (Fsp3) is 0.280. The standard InChI is InChI=1S/C25H26N2O4/c1-16-11-19(25(29)30)5-8-22(16)17-6-9-24-18(12-17)4-7-21(31-24)14-27-15-23(28)20-3-2-10-26-13-20/h2-3,5-6,8-13,21,23,27-28H,4,7,14-15H2,1H3,(H,29,30)/t21-,23-/m0/s1. The molecule has 0 aliphatic carbocycles. The lowest BCUT2D eigenvalue weighted by Crippen LogP contribution is -2.36. The molecule has 0 unspecified atom stereocenters. The van der Waals surface area contributed by atoms with E-state index in [9.17, 15) is 9.90 Å². The highest BCUT2D eigenvalue weighted by Gasteiger charge is 2.21. The topological polar surface area (TPSA) is 91.7 Å². The maximum Gasteiger partial charge on any atom is 0.335 e. The van der Waals surface area contributed by atoms with Gasteiger partial charge in [-0.1, -0.05) is 18.2 Å². The maximum absolute atomic E-state index is 11.2. The molecule has 1 aromatic heterocycles. The van der Waals surface area contributed by atoms with Gasteiger partial charge in [-0.3, -0.25) is 4.98 Å². The number of pyridine rings is 1. The summed E-state index contributed by atoms with van der Waals surface area (Å²) >= 11 is 0. The molecule has 0 spiro atoms. The lowest BCUT2D eigenvalue weighted by atomic mass is 9.94. The van der Waals surface area contributed by atoms with E-state index in [1.807, 2.05) is 37.3 Å². The van der Waals surface area contributed by atoms with Crippen LogP contribution in [0.3, 0.4) is 0 Å². The Bertz CT molecular complexity index is 1070. The van der Waals surface area contributed by atoms with Crippen LogP contribution in [0.1, 0.15) is 39.6 Å². The van der Waals surface area contributed by atoms with Crippen molar-refractivity contribution in [1.82, 2.24) is 10.3 Å². The van der Waals surface area contributed by atoms with Crippen LogP contribution in [0.4, 0.5) is 0 Å². The summed E-state index contributed by atoms with van der Waals surface area (Å²) < 4.78 is 6.16. The van der Waals surface area contributed by atoms with Gasteiger partial charge in [-0.2, -0.15) is 0 Å². The Kier molecular flexibility index (Phi) is 6.30. The number of nitrogens with zero attached hydrogens (tertiary/aromatic N) is 1. The first-order valence-electron chi connectivity index (χ1n) is 10.4. The number of carbonyl (C=O) groups is 1. The monoisotopic (exact) mass is 418 g/mol. The van der Waals surface area contributed by atoms with Crippen molar-refractivity contribution in [3.05, 3.63) is 83.2 Å². The van der Waals surface area contributed by atoms with Crippen molar-refractivity contribution >= 4 is 5.97 Å². The van der Waals surface area contributed by atoms with Crippen LogP contribution in [0.2, 0.25) is 0 Å². The first kappa shape index (κ1) is 21.0. The van der Waals surface area contributed by atoms with E-state index in [1.165, 1.54) is 0 Å². The van der Waals surface area contributed by atoms with Gasteiger partial charge < -0.3 is 20.3 Å². The van der Waals surface area contributed by atoms with Crippen molar-refractivity contribution in [3.63, 3.8) is 0 Å². The summed E-state index contributed by atoms with van der Waals surface area (Å²) in [5, 5.41) is 22.7. The zero-order valence-electron chi connectivity index (χ0n) is 17.4. The number of aromatic nitrogens is 1. The second-order valence-electron chi connectivity index (χ2n) is 7.90. The minimum atomic E-state index is -0.916. The second kappa shape index (κ2) is 9.29. The number of hydrogen-bond acceptors (Lipinski definition) is 5. The number of aryl methyl sites for hydroxylation is 2. The summed E-state index contributed by atoms with van der Waals surface area (Å²) in [5.74, 6) is -0.0319. The summed E-state index contributed by atoms with van der Waals surface area (Å²) in [6.45, 7) is 3.04. The van der Waals surface area contributed by atoms with Crippen LogP contribution in [0.15, 0.2) is 60.9 Å². The quantitative estimate of drug-likeness (QED) is 0.541. The Morgan fingerprint density at radius 1 is 1.26 bits per heavy atom. The highest BCUT2D eigenvalue weighted by molar-refractivity contribution is 5.89. The van der Waals surface area contributed by atoms with Crippen molar-refractivity contribution in [2.75, 3.05) is 13.1 Å². The lowest BCUT2D eigenvalue weighted by Gasteiger charge is -2.27. The summed E-state index contributed by atoms with van der Waals surface area (Å²) in [6.07, 6.45) is 4.62. The predicted octanol–water partition coefficient (Wildman–Crippen LogP) is 3.77. The summed E-state index contributed by atoms with van der Waals surface area (Å²) in [6, 6.07) is 15.0. The molecule has 2 atom stereocenters. The highest BCUT2D eigenvalue weighted by Crippen LogP contribution is 2.33. The molecule has 2 heterocycles. The van der Waals surface area contributed by atoms with Crippen LogP contribution < -0.4 is 10.1 Å². The van der Waals surface area contributed by atoms with Gasteiger partial charge in [-0.15, -0.1) is 0 Å². The first-order valence-corrected chi connectivity index (χ1v) is 10.4. The molecule has 0 amide bonds. The summed E-state index contributed by atoms with van der Waals surface area (Å²) in [5.41, 5.74) is 5.28. The molecule has 3 N–H and O–H groups in total. The zero-order valence-corrected chi connectivity index (χ0v) is 17.4. The van der Waals surface area contributed by atoms with E-state index in [0.717, 1.165) is 46.4 Å². The third kappa shape index (κ3) is 4.93. The minimum Gasteiger partial charge on any atom is -0.489 e. The molecule has 31 heavy (non-hydrogen) atoms. The minimum absolute atomic E-state index is 0.0519. The third-order valence-electron chi connectivity index (χ3n) is 5.65. The number of aliphatic hydroxyl groups excluding tert-OH is 1. The van der Waals surface area contributed by atoms with Crippen molar-refractivity contribution < 1.29 is 19.7 Å². The first-order chi connectivity index (χ1) is 15.0. The van der Waals surface area contributed by atoms with Gasteiger partial charge in [0.05, 0.1) is 11.7 Å². The predicted molar refractivity (Wildman–Crippen MR) is 118 cm³/mol. The summed E-state index contributed by atoms with van der Waals surface area (Å²) in [4.78, 5) is 15.2. The van der Waals surface area contributed by atoms with E-state index >= 15 is 0 Å². The van der Waals surface area contributed by atoms with Gasteiger partial charge >= 0.3 is 5.97 Å². The lowest BCUT2D eigenvalue weighted by molar-refractivity contribution is 0.0696. The van der Waals surface area contributed by atoms with Gasteiger partial charge in [0.2, 0.25) is 0 Å². The van der Waals surface area contributed by atoms with Crippen molar-refractivity contribution in [2.45, 2.75) is 32.0 Å². The van der Waals surface area contributed by atoms with Gasteiger partial charge in [-0.25, -0.2) is 4.79 Å². The molecular weight excluding hydrogens is 392 g/mol. The van der Waals surface area contributed by atoms with E-state index < -0.39 is 12.1 Å². The van der Waals surface area contributed by atoms with E-state index in [0.29, 0.717) is 18.7 Å². The van der Waals surface area contributed by atoms with E-state index in [1.54, 1.807) is 24.5 Å². The Morgan fingerprint density at radius 3 is 2.87 bits per heavy atom. The number of ether oxygens (including phenoxy) is 1. The van der Waals surface area contributed by atoms with Crippen molar-refractivity contribution in [1.29, 1.82) is 0 Å². The molecule has 0 saturated carbocycles. The average molecular weight is 418 g/mol. The van der Waals surface area contributed by atoms with Crippen molar-refractivity contribution in [2.24, 2.45) is 0 Å². The molecule has 0 fully saturated rings. The van der Waals surface area contributed by atoms with Gasteiger partial charge in [0.1, 0.15) is 11.9 Å². The largest absolute Gasteiger partial charge is 0.489 e. The molecule has 6 nitrogen and oxygen atoms in total. The molecule has 2 aromatic carbocycles. The molecule has 1 aliphatic rings. The maximum atomic E-state index is 11.2. The smallest absolute Gasteiger partial charge is 0.335 e. The average Bonchev–Trinajstić information content (AvgIpc) is 2.79. The van der Waals surface area contributed by atoms with E-state index in [2.05, 4.69) is 16.4 Å². The van der Waals surface area contributed by atoms with Gasteiger partial charge in [0.25, 0.3) is 0 Å². The Hall–Kier alpha value is -3.22. The van der Waals surface area contributed by atoms with Crippen LogP contribution >= 0.6 is 0 Å². The molecule has 3 aromatic rings. The molecular formula is C25H26N2O4. The summed E-state index contributed by atoms with van der Waals surface area (Å²) in [7, 11) is 0. The molecule has 160 valence electrons. The molecule has 0 saturated heterocycles. The Labute approximate surface area is 181 Å². The second-order valence-corrected chi connectivity index (χ2v) is 7.90. The number of carboxylic acid groups (broad SMARTS) is 1. The molecule has 6 heteroatoms. The van der Waals surface area contributed by atoms with Gasteiger partial charge in [0, 0.05) is 31.0 Å². The molecule has 4 rings (SSSR count). The fourth-order valence-corrected chi connectivity index (χ4v) is 3.95. The van der Waals surface area contributed by atoms with Gasteiger partial charge in [-0.05, 0) is 72.4 Å².